The molecule has 0 radical (unpaired) electrons. The molecule has 13 heavy (non-hydrogen) atoms. The molecule has 2 N–H and O–H groups in total. The molecule has 1 rings (SSSR count). The summed E-state index contributed by atoms with van der Waals surface area (Å²) in [6.45, 7) is 1.52. The molecule has 0 bridgehead atoms. The molecule has 3 heteroatoms. The van der Waals surface area contributed by atoms with Gasteiger partial charge in [-0.25, -0.2) is 4.79 Å². The van der Waals surface area contributed by atoms with Crippen LogP contribution in [0, 0.1) is 0 Å². The maximum Gasteiger partial charge on any atom is 0.334 e. The van der Waals surface area contributed by atoms with Gasteiger partial charge in [-0.3, -0.25) is 0 Å². The molecule has 1 saturated carbocycles. The fraction of sp³-hybridized carbons (Fsp3) is 0.700. The van der Waals surface area contributed by atoms with E-state index in [-0.39, 0.29) is 5.57 Å². The molecule has 74 valence electrons. The van der Waals surface area contributed by atoms with Crippen LogP contribution < -0.4 is 0 Å². The minimum absolute atomic E-state index is 0.222. The Balaban J connectivity index is 2.86. The third-order valence-electron chi connectivity index (χ3n) is 2.49. The average Bonchev–Trinajstić information content (AvgIpc) is 2.04. The first-order valence-electron chi connectivity index (χ1n) is 4.76. The number of hydrogen-bond donors (Lipinski definition) is 2. The van der Waals surface area contributed by atoms with Gasteiger partial charge < -0.3 is 10.2 Å². The number of aliphatic hydroxyl groups excluding tert-OH is 1. The lowest BCUT2D eigenvalue weighted by atomic mass is 9.89. The Bertz CT molecular complexity index is 220. The van der Waals surface area contributed by atoms with E-state index in [9.17, 15) is 9.90 Å². The van der Waals surface area contributed by atoms with Crippen molar-refractivity contribution in [2.45, 2.75) is 45.1 Å². The second-order valence-electron chi connectivity index (χ2n) is 3.56. The van der Waals surface area contributed by atoms with Crippen LogP contribution in [0.15, 0.2) is 11.1 Å². The maximum absolute atomic E-state index is 10.8. The topological polar surface area (TPSA) is 57.5 Å². The van der Waals surface area contributed by atoms with Crippen LogP contribution in [0.5, 0.6) is 0 Å². The smallest absolute Gasteiger partial charge is 0.334 e. The molecule has 1 aliphatic rings. The standard InChI is InChI=1S/C10H16O3/c1-7(11)9(10(12)13)8-5-3-2-4-6-8/h7,11H,2-6H2,1H3,(H,12,13). The molecule has 0 saturated heterocycles. The summed E-state index contributed by atoms with van der Waals surface area (Å²) in [5.74, 6) is -0.966. The predicted octanol–water partition coefficient (Wildman–Crippen LogP) is 1.71. The van der Waals surface area contributed by atoms with Crippen LogP contribution in [0.25, 0.3) is 0 Å². The van der Waals surface area contributed by atoms with Crippen LogP contribution in [0.2, 0.25) is 0 Å². The second-order valence-corrected chi connectivity index (χ2v) is 3.56. The quantitative estimate of drug-likeness (QED) is 0.642. The van der Waals surface area contributed by atoms with E-state index in [0.717, 1.165) is 31.3 Å². The van der Waals surface area contributed by atoms with Crippen molar-refractivity contribution in [3.8, 4) is 0 Å². The van der Waals surface area contributed by atoms with Crippen molar-refractivity contribution >= 4 is 5.97 Å². The Morgan fingerprint density at radius 3 is 2.23 bits per heavy atom. The Morgan fingerprint density at radius 2 is 1.85 bits per heavy atom. The van der Waals surface area contributed by atoms with Gasteiger partial charge in [0, 0.05) is 0 Å². The monoisotopic (exact) mass is 184 g/mol. The molecule has 0 heterocycles. The van der Waals surface area contributed by atoms with Crippen LogP contribution in [0.4, 0.5) is 0 Å². The average molecular weight is 184 g/mol. The van der Waals surface area contributed by atoms with Crippen molar-refractivity contribution in [3.63, 3.8) is 0 Å². The molecule has 1 fully saturated rings. The van der Waals surface area contributed by atoms with E-state index in [2.05, 4.69) is 0 Å². The van der Waals surface area contributed by atoms with E-state index in [1.807, 2.05) is 0 Å². The summed E-state index contributed by atoms with van der Waals surface area (Å²) in [5.41, 5.74) is 1.16. The van der Waals surface area contributed by atoms with Crippen molar-refractivity contribution < 1.29 is 15.0 Å². The number of carboxylic acid groups (broad SMARTS) is 1. The van der Waals surface area contributed by atoms with Gasteiger partial charge in [0.2, 0.25) is 0 Å². The minimum atomic E-state index is -0.966. The van der Waals surface area contributed by atoms with E-state index in [0.29, 0.717) is 0 Å². The highest BCUT2D eigenvalue weighted by molar-refractivity contribution is 5.88. The lowest BCUT2D eigenvalue weighted by molar-refractivity contribution is -0.133. The summed E-state index contributed by atoms with van der Waals surface area (Å²) >= 11 is 0. The van der Waals surface area contributed by atoms with Gasteiger partial charge in [0.05, 0.1) is 11.7 Å². The molecule has 0 amide bonds. The number of aliphatic carboxylic acids is 1. The van der Waals surface area contributed by atoms with Gasteiger partial charge in [0.15, 0.2) is 0 Å². The largest absolute Gasteiger partial charge is 0.478 e. The SMILES string of the molecule is CC(O)C(C(=O)O)=C1CCCCC1. The number of carbonyl (C=O) groups is 1. The van der Waals surface area contributed by atoms with Crippen molar-refractivity contribution in [3.05, 3.63) is 11.1 Å². The molecule has 1 aliphatic carbocycles. The van der Waals surface area contributed by atoms with Gasteiger partial charge in [-0.1, -0.05) is 12.0 Å². The first-order valence-corrected chi connectivity index (χ1v) is 4.76. The Morgan fingerprint density at radius 1 is 1.31 bits per heavy atom. The van der Waals surface area contributed by atoms with Crippen molar-refractivity contribution in [1.82, 2.24) is 0 Å². The third kappa shape index (κ3) is 2.56. The molecule has 0 spiro atoms. The van der Waals surface area contributed by atoms with Crippen LogP contribution in [0.3, 0.4) is 0 Å². The lowest BCUT2D eigenvalue weighted by Crippen LogP contribution is -2.18. The number of allylic oxidation sites excluding steroid dienone is 1. The number of hydrogen-bond acceptors (Lipinski definition) is 2. The molecule has 0 aromatic rings. The maximum atomic E-state index is 10.8. The predicted molar refractivity (Wildman–Crippen MR) is 49.4 cm³/mol. The fourth-order valence-corrected chi connectivity index (χ4v) is 1.87. The summed E-state index contributed by atoms with van der Waals surface area (Å²) in [6, 6.07) is 0. The number of rotatable bonds is 2. The summed E-state index contributed by atoms with van der Waals surface area (Å²) < 4.78 is 0. The van der Waals surface area contributed by atoms with Crippen LogP contribution in [0.1, 0.15) is 39.0 Å². The number of aliphatic hydroxyl groups is 1. The summed E-state index contributed by atoms with van der Waals surface area (Å²) in [4.78, 5) is 10.8. The zero-order chi connectivity index (χ0) is 9.84. The first kappa shape index (κ1) is 10.3. The zero-order valence-corrected chi connectivity index (χ0v) is 7.92. The number of carboxylic acids is 1. The van der Waals surface area contributed by atoms with E-state index in [4.69, 9.17) is 5.11 Å². The van der Waals surface area contributed by atoms with Gasteiger partial charge in [-0.15, -0.1) is 0 Å². The summed E-state index contributed by atoms with van der Waals surface area (Å²) in [6.07, 6.45) is 4.12. The normalized spacial score (nSPS) is 19.7. The van der Waals surface area contributed by atoms with E-state index in [1.165, 1.54) is 13.3 Å². The van der Waals surface area contributed by atoms with Gasteiger partial charge in [-0.05, 0) is 32.6 Å². The molecule has 0 aliphatic heterocycles. The highest BCUT2D eigenvalue weighted by Gasteiger charge is 2.20. The van der Waals surface area contributed by atoms with Gasteiger partial charge in [0.25, 0.3) is 0 Å². The van der Waals surface area contributed by atoms with E-state index < -0.39 is 12.1 Å². The van der Waals surface area contributed by atoms with E-state index >= 15 is 0 Å². The second kappa shape index (κ2) is 4.42. The van der Waals surface area contributed by atoms with Crippen molar-refractivity contribution in [2.75, 3.05) is 0 Å². The van der Waals surface area contributed by atoms with Gasteiger partial charge in [-0.2, -0.15) is 0 Å². The molecular formula is C10H16O3. The zero-order valence-electron chi connectivity index (χ0n) is 7.92. The molecular weight excluding hydrogens is 168 g/mol. The minimum Gasteiger partial charge on any atom is -0.478 e. The summed E-state index contributed by atoms with van der Waals surface area (Å²) in [7, 11) is 0. The highest BCUT2D eigenvalue weighted by Crippen LogP contribution is 2.27. The molecule has 3 nitrogen and oxygen atoms in total. The highest BCUT2D eigenvalue weighted by atomic mass is 16.4. The van der Waals surface area contributed by atoms with Crippen LogP contribution in [-0.2, 0) is 4.79 Å². The molecule has 0 aromatic carbocycles. The molecule has 0 aromatic heterocycles. The Hall–Kier alpha value is -0.830. The van der Waals surface area contributed by atoms with Gasteiger partial charge >= 0.3 is 5.97 Å². The van der Waals surface area contributed by atoms with Crippen LogP contribution in [-0.4, -0.2) is 22.3 Å². The van der Waals surface area contributed by atoms with E-state index in [1.54, 1.807) is 0 Å². The molecule has 1 atom stereocenters. The Kier molecular flexibility index (Phi) is 3.48. The lowest BCUT2D eigenvalue weighted by Gasteiger charge is -2.18. The van der Waals surface area contributed by atoms with Crippen molar-refractivity contribution in [2.24, 2.45) is 0 Å². The third-order valence-corrected chi connectivity index (χ3v) is 2.49. The first-order chi connectivity index (χ1) is 6.13. The van der Waals surface area contributed by atoms with Gasteiger partial charge in [0.1, 0.15) is 0 Å². The molecule has 1 unspecified atom stereocenters. The van der Waals surface area contributed by atoms with Crippen LogP contribution >= 0.6 is 0 Å². The fourth-order valence-electron chi connectivity index (χ4n) is 1.87. The Labute approximate surface area is 78.1 Å². The van der Waals surface area contributed by atoms with Crippen molar-refractivity contribution in [1.29, 1.82) is 0 Å². The summed E-state index contributed by atoms with van der Waals surface area (Å²) in [5, 5.41) is 18.2.